The summed E-state index contributed by atoms with van der Waals surface area (Å²) in [7, 11) is -3.25. The Kier molecular flexibility index (Phi) is 6.36. The van der Waals surface area contributed by atoms with Crippen LogP contribution in [0.25, 0.3) is 0 Å². The Hall–Kier alpha value is -1.89. The quantitative estimate of drug-likeness (QED) is 0.726. The molecule has 0 saturated heterocycles. The molecule has 1 unspecified atom stereocenters. The average molecular weight is 352 g/mol. The van der Waals surface area contributed by atoms with Crippen LogP contribution in [0.4, 0.5) is 0 Å². The molecule has 0 bridgehead atoms. The number of benzene rings is 1. The summed E-state index contributed by atoms with van der Waals surface area (Å²) in [5.74, 6) is -1.28. The first-order valence-corrected chi connectivity index (χ1v) is 9.94. The Morgan fingerprint density at radius 1 is 1.17 bits per heavy atom. The number of amides is 2. The van der Waals surface area contributed by atoms with Gasteiger partial charge in [0.1, 0.15) is 6.04 Å². The zero-order valence-electron chi connectivity index (χ0n) is 13.6. The molecule has 2 amide bonds. The molecule has 1 aliphatic rings. The van der Waals surface area contributed by atoms with Crippen molar-refractivity contribution in [2.24, 2.45) is 5.73 Å². The lowest BCUT2D eigenvalue weighted by molar-refractivity contribution is -0.127. The first-order valence-electron chi connectivity index (χ1n) is 8.22. The fraction of sp³-hybridized carbons (Fsp3) is 0.529. The second-order valence-corrected chi connectivity index (χ2v) is 8.64. The maximum absolute atomic E-state index is 12.2. The van der Waals surface area contributed by atoms with Gasteiger partial charge in [-0.25, -0.2) is 8.42 Å². The topological polar surface area (TPSA) is 106 Å². The van der Waals surface area contributed by atoms with Crippen molar-refractivity contribution in [1.82, 2.24) is 5.32 Å². The van der Waals surface area contributed by atoms with Crippen LogP contribution in [-0.2, 0) is 25.8 Å². The minimum atomic E-state index is -3.25. The SMILES string of the molecule is NC(=O)C(Cc1ccccc1)NC(=O)CCS(=O)(=O)C1CCCC1. The molecule has 1 saturated carbocycles. The van der Waals surface area contributed by atoms with E-state index in [0.717, 1.165) is 18.4 Å². The summed E-state index contributed by atoms with van der Waals surface area (Å²) in [6.45, 7) is 0. The minimum absolute atomic E-state index is 0.141. The van der Waals surface area contributed by atoms with E-state index >= 15 is 0 Å². The molecular weight excluding hydrogens is 328 g/mol. The van der Waals surface area contributed by atoms with Crippen LogP contribution in [0, 0.1) is 0 Å². The second kappa shape index (κ2) is 8.28. The average Bonchev–Trinajstić information content (AvgIpc) is 3.09. The van der Waals surface area contributed by atoms with Gasteiger partial charge >= 0.3 is 0 Å². The molecule has 3 N–H and O–H groups in total. The Bertz CT molecular complexity index is 667. The molecule has 6 nitrogen and oxygen atoms in total. The Labute approximate surface area is 142 Å². The number of carbonyl (C=O) groups excluding carboxylic acids is 2. The van der Waals surface area contributed by atoms with Crippen LogP contribution in [0.1, 0.15) is 37.7 Å². The molecule has 1 atom stereocenters. The molecule has 0 radical (unpaired) electrons. The van der Waals surface area contributed by atoms with E-state index in [4.69, 9.17) is 5.73 Å². The van der Waals surface area contributed by atoms with Gasteiger partial charge in [0.15, 0.2) is 9.84 Å². The number of sulfone groups is 1. The van der Waals surface area contributed by atoms with Crippen LogP contribution >= 0.6 is 0 Å². The van der Waals surface area contributed by atoms with E-state index in [0.29, 0.717) is 12.8 Å². The minimum Gasteiger partial charge on any atom is -0.368 e. The van der Waals surface area contributed by atoms with Crippen molar-refractivity contribution < 1.29 is 18.0 Å². The lowest BCUT2D eigenvalue weighted by atomic mass is 10.1. The van der Waals surface area contributed by atoms with E-state index in [-0.39, 0.29) is 23.8 Å². The van der Waals surface area contributed by atoms with Crippen LogP contribution in [0.3, 0.4) is 0 Å². The summed E-state index contributed by atoms with van der Waals surface area (Å²) in [5, 5.41) is 2.23. The first kappa shape index (κ1) is 18.4. The van der Waals surface area contributed by atoms with Crippen molar-refractivity contribution in [1.29, 1.82) is 0 Å². The van der Waals surface area contributed by atoms with Gasteiger partial charge in [0.25, 0.3) is 0 Å². The highest BCUT2D eigenvalue weighted by Crippen LogP contribution is 2.25. The number of nitrogens with one attached hydrogen (secondary N) is 1. The fourth-order valence-electron chi connectivity index (χ4n) is 2.99. The molecule has 0 aliphatic heterocycles. The van der Waals surface area contributed by atoms with Gasteiger partial charge in [-0.3, -0.25) is 9.59 Å². The molecule has 0 heterocycles. The van der Waals surface area contributed by atoms with E-state index in [1.165, 1.54) is 0 Å². The van der Waals surface area contributed by atoms with E-state index < -0.39 is 27.7 Å². The molecule has 0 aromatic heterocycles. The van der Waals surface area contributed by atoms with Gasteiger partial charge in [0.05, 0.1) is 11.0 Å². The fourth-order valence-corrected chi connectivity index (χ4v) is 4.84. The van der Waals surface area contributed by atoms with Crippen LogP contribution in [0.5, 0.6) is 0 Å². The van der Waals surface area contributed by atoms with Gasteiger partial charge in [0, 0.05) is 12.8 Å². The lowest BCUT2D eigenvalue weighted by Gasteiger charge is -2.16. The number of nitrogens with two attached hydrogens (primary N) is 1. The van der Waals surface area contributed by atoms with E-state index in [1.807, 2.05) is 30.3 Å². The van der Waals surface area contributed by atoms with Crippen molar-refractivity contribution >= 4 is 21.7 Å². The van der Waals surface area contributed by atoms with Crippen molar-refractivity contribution in [2.45, 2.75) is 49.8 Å². The summed E-state index contributed by atoms with van der Waals surface area (Å²) in [4.78, 5) is 23.6. The highest BCUT2D eigenvalue weighted by molar-refractivity contribution is 7.92. The maximum atomic E-state index is 12.2. The maximum Gasteiger partial charge on any atom is 0.240 e. The summed E-state index contributed by atoms with van der Waals surface area (Å²) >= 11 is 0. The largest absolute Gasteiger partial charge is 0.368 e. The summed E-state index contributed by atoms with van der Waals surface area (Å²) < 4.78 is 24.4. The summed E-state index contributed by atoms with van der Waals surface area (Å²) in [5.41, 5.74) is 6.22. The third-order valence-electron chi connectivity index (χ3n) is 4.39. The molecule has 1 fully saturated rings. The predicted octanol–water partition coefficient (Wildman–Crippen LogP) is 0.947. The van der Waals surface area contributed by atoms with E-state index in [9.17, 15) is 18.0 Å². The third kappa shape index (κ3) is 5.33. The smallest absolute Gasteiger partial charge is 0.240 e. The molecular formula is C17H24N2O4S. The Morgan fingerprint density at radius 2 is 1.79 bits per heavy atom. The van der Waals surface area contributed by atoms with Crippen LogP contribution in [0.2, 0.25) is 0 Å². The van der Waals surface area contributed by atoms with E-state index in [1.54, 1.807) is 0 Å². The molecule has 2 rings (SSSR count). The zero-order valence-corrected chi connectivity index (χ0v) is 14.4. The first-order chi connectivity index (χ1) is 11.4. The summed E-state index contributed by atoms with van der Waals surface area (Å²) in [6.07, 6.45) is 3.37. The van der Waals surface area contributed by atoms with Crippen LogP contribution in [-0.4, -0.2) is 37.3 Å². The molecule has 1 aliphatic carbocycles. The summed E-state index contributed by atoms with van der Waals surface area (Å²) in [6, 6.07) is 8.37. The van der Waals surface area contributed by atoms with Crippen LogP contribution < -0.4 is 11.1 Å². The van der Waals surface area contributed by atoms with Crippen LogP contribution in [0.15, 0.2) is 30.3 Å². The Morgan fingerprint density at radius 3 is 2.38 bits per heavy atom. The normalized spacial score (nSPS) is 16.7. The standard InChI is InChI=1S/C17H24N2O4S/c18-17(21)15(12-13-6-2-1-3-7-13)19-16(20)10-11-24(22,23)14-8-4-5-9-14/h1-3,6-7,14-15H,4-5,8-12H2,(H2,18,21)(H,19,20). The number of hydrogen-bond acceptors (Lipinski definition) is 4. The number of carbonyl (C=O) groups is 2. The molecule has 1 aromatic rings. The van der Waals surface area contributed by atoms with Gasteiger partial charge in [-0.2, -0.15) is 0 Å². The molecule has 1 aromatic carbocycles. The number of primary amides is 1. The van der Waals surface area contributed by atoms with Crippen molar-refractivity contribution in [2.75, 3.05) is 5.75 Å². The highest BCUT2D eigenvalue weighted by Gasteiger charge is 2.29. The predicted molar refractivity (Wildman–Crippen MR) is 91.9 cm³/mol. The lowest BCUT2D eigenvalue weighted by Crippen LogP contribution is -2.46. The van der Waals surface area contributed by atoms with Crippen molar-refractivity contribution in [3.8, 4) is 0 Å². The Balaban J connectivity index is 1.87. The van der Waals surface area contributed by atoms with Gasteiger partial charge in [-0.1, -0.05) is 43.2 Å². The molecule has 7 heteroatoms. The highest BCUT2D eigenvalue weighted by atomic mass is 32.2. The molecule has 132 valence electrons. The zero-order chi connectivity index (χ0) is 17.6. The van der Waals surface area contributed by atoms with Gasteiger partial charge in [-0.15, -0.1) is 0 Å². The monoisotopic (exact) mass is 352 g/mol. The number of rotatable bonds is 8. The van der Waals surface area contributed by atoms with Gasteiger partial charge in [0.2, 0.25) is 11.8 Å². The third-order valence-corrected chi connectivity index (χ3v) is 6.65. The van der Waals surface area contributed by atoms with Crippen molar-refractivity contribution in [3.05, 3.63) is 35.9 Å². The van der Waals surface area contributed by atoms with Gasteiger partial charge in [-0.05, 0) is 18.4 Å². The van der Waals surface area contributed by atoms with Crippen molar-refractivity contribution in [3.63, 3.8) is 0 Å². The molecule has 24 heavy (non-hydrogen) atoms. The van der Waals surface area contributed by atoms with Gasteiger partial charge < -0.3 is 11.1 Å². The van der Waals surface area contributed by atoms with E-state index in [2.05, 4.69) is 5.32 Å². The number of hydrogen-bond donors (Lipinski definition) is 2. The second-order valence-electron chi connectivity index (χ2n) is 6.24. The molecule has 0 spiro atoms.